The topological polar surface area (TPSA) is 50.3 Å². The van der Waals surface area contributed by atoms with Crippen LogP contribution in [0, 0.1) is 11.8 Å². The third-order valence-electron chi connectivity index (χ3n) is 5.68. The van der Waals surface area contributed by atoms with E-state index in [4.69, 9.17) is 4.74 Å². The van der Waals surface area contributed by atoms with Gasteiger partial charge in [-0.15, -0.1) is 12.4 Å². The Bertz CT molecular complexity index is 625. The molecule has 5 nitrogen and oxygen atoms in total. The first kappa shape index (κ1) is 19.6. The number of ether oxygens (including phenoxy) is 1. The summed E-state index contributed by atoms with van der Waals surface area (Å²) in [6.07, 6.45) is 1.46. The van der Waals surface area contributed by atoms with Gasteiger partial charge in [-0.25, -0.2) is 9.97 Å². The normalized spacial score (nSPS) is 28.8. The molecule has 0 spiro atoms. The van der Waals surface area contributed by atoms with E-state index >= 15 is 0 Å². The third kappa shape index (κ3) is 4.23. The summed E-state index contributed by atoms with van der Waals surface area (Å²) in [5.74, 6) is 1.37. The van der Waals surface area contributed by atoms with Crippen LogP contribution in [0.25, 0.3) is 0 Å². The molecule has 26 heavy (non-hydrogen) atoms. The van der Waals surface area contributed by atoms with Crippen LogP contribution in [0.5, 0.6) is 0 Å². The molecule has 3 atom stereocenters. The first-order chi connectivity index (χ1) is 12.0. The Morgan fingerprint density at radius 1 is 1.19 bits per heavy atom. The molecule has 2 aliphatic carbocycles. The van der Waals surface area contributed by atoms with Crippen LogP contribution in [-0.4, -0.2) is 47.2 Å². The zero-order valence-corrected chi connectivity index (χ0v) is 15.3. The molecule has 146 valence electrons. The van der Waals surface area contributed by atoms with Gasteiger partial charge in [0, 0.05) is 37.4 Å². The van der Waals surface area contributed by atoms with E-state index in [0.717, 1.165) is 12.8 Å². The number of nitrogens with one attached hydrogen (secondary N) is 1. The number of hydrogen-bond acceptors (Lipinski definition) is 5. The summed E-state index contributed by atoms with van der Waals surface area (Å²) in [5.41, 5.74) is -0.687. The largest absolute Gasteiger partial charge is 0.433 e. The average Bonchev–Trinajstić information content (AvgIpc) is 3.19. The zero-order valence-electron chi connectivity index (χ0n) is 14.5. The van der Waals surface area contributed by atoms with Gasteiger partial charge in [0.15, 0.2) is 5.69 Å². The molecule has 0 radical (unpaired) electrons. The van der Waals surface area contributed by atoms with Crippen LogP contribution in [-0.2, 0) is 17.5 Å². The summed E-state index contributed by atoms with van der Waals surface area (Å²) in [4.78, 5) is 9.98. The van der Waals surface area contributed by atoms with Crippen LogP contribution in [0.15, 0.2) is 6.20 Å². The standard InChI is InChI=1S/C17H23F3N4O.ClH/c18-17(19,20)15-13(10-24-3-5-25-6-4-24)9-21-16(23-15)22-14-8-11-1-2-12(14)7-11;/h9,11-12,14H,1-8,10H2,(H,21,22,23);1H/t11-,12-,14-;/m1./s1. The highest BCUT2D eigenvalue weighted by Crippen LogP contribution is 2.45. The molecule has 3 fully saturated rings. The van der Waals surface area contributed by atoms with Crippen LogP contribution < -0.4 is 5.32 Å². The smallest absolute Gasteiger partial charge is 0.379 e. The lowest BCUT2D eigenvalue weighted by Gasteiger charge is -2.27. The number of nitrogens with zero attached hydrogens (tertiary/aromatic N) is 3. The zero-order chi connectivity index (χ0) is 17.4. The maximum Gasteiger partial charge on any atom is 0.433 e. The lowest BCUT2D eigenvalue weighted by molar-refractivity contribution is -0.142. The fraction of sp³-hybridized carbons (Fsp3) is 0.765. The molecule has 1 aromatic rings. The van der Waals surface area contributed by atoms with Crippen molar-refractivity contribution in [2.24, 2.45) is 11.8 Å². The molecule has 2 bridgehead atoms. The monoisotopic (exact) mass is 392 g/mol. The summed E-state index contributed by atoms with van der Waals surface area (Å²) in [6, 6.07) is 0.213. The summed E-state index contributed by atoms with van der Waals surface area (Å²) in [6.45, 7) is 2.55. The summed E-state index contributed by atoms with van der Waals surface area (Å²) in [5, 5.41) is 3.16. The first-order valence-electron chi connectivity index (χ1n) is 8.99. The molecule has 4 rings (SSSR count). The van der Waals surface area contributed by atoms with Gasteiger partial charge >= 0.3 is 6.18 Å². The Labute approximate surface area is 157 Å². The van der Waals surface area contributed by atoms with Crippen LogP contribution in [0.1, 0.15) is 36.9 Å². The van der Waals surface area contributed by atoms with Crippen LogP contribution in [0.4, 0.5) is 19.1 Å². The third-order valence-corrected chi connectivity index (χ3v) is 5.68. The SMILES string of the molecule is Cl.FC(F)(F)c1nc(N[C@@H]2C[C@@H]3CC[C@@H]2C3)ncc1CN1CCOCC1. The fourth-order valence-electron chi connectivity index (χ4n) is 4.42. The van der Waals surface area contributed by atoms with Gasteiger partial charge in [0.25, 0.3) is 0 Å². The summed E-state index contributed by atoms with van der Waals surface area (Å²) < 4.78 is 45.7. The Balaban J connectivity index is 0.00000196. The van der Waals surface area contributed by atoms with Crippen LogP contribution in [0.2, 0.25) is 0 Å². The van der Waals surface area contributed by atoms with Crippen molar-refractivity contribution in [3.8, 4) is 0 Å². The number of anilines is 1. The molecular weight excluding hydrogens is 369 g/mol. The van der Waals surface area contributed by atoms with E-state index in [1.807, 2.05) is 4.90 Å². The molecular formula is C17H24ClF3N4O. The van der Waals surface area contributed by atoms with Crippen molar-refractivity contribution in [3.05, 3.63) is 17.5 Å². The Morgan fingerprint density at radius 2 is 1.96 bits per heavy atom. The van der Waals surface area contributed by atoms with Gasteiger partial charge in [-0.1, -0.05) is 6.42 Å². The van der Waals surface area contributed by atoms with Gasteiger partial charge in [0.2, 0.25) is 5.95 Å². The second-order valence-electron chi connectivity index (χ2n) is 7.38. The molecule has 9 heteroatoms. The van der Waals surface area contributed by atoms with E-state index in [2.05, 4.69) is 15.3 Å². The van der Waals surface area contributed by atoms with Crippen molar-refractivity contribution in [1.29, 1.82) is 0 Å². The minimum absolute atomic E-state index is 0. The van der Waals surface area contributed by atoms with Gasteiger partial charge in [-0.2, -0.15) is 13.2 Å². The lowest BCUT2D eigenvalue weighted by Crippen LogP contribution is -2.36. The predicted octanol–water partition coefficient (Wildman–Crippen LogP) is 3.35. The second kappa shape index (κ2) is 7.86. The summed E-state index contributed by atoms with van der Waals surface area (Å²) >= 11 is 0. The maximum atomic E-state index is 13.5. The second-order valence-corrected chi connectivity index (χ2v) is 7.38. The number of hydrogen-bond donors (Lipinski definition) is 1. The number of fused-ring (bicyclic) bond motifs is 2. The highest BCUT2D eigenvalue weighted by atomic mass is 35.5. The van der Waals surface area contributed by atoms with Crippen molar-refractivity contribution in [3.63, 3.8) is 0 Å². The first-order valence-corrected chi connectivity index (χ1v) is 8.99. The van der Waals surface area contributed by atoms with Crippen molar-refractivity contribution < 1.29 is 17.9 Å². The van der Waals surface area contributed by atoms with E-state index in [1.165, 1.54) is 19.0 Å². The number of aromatic nitrogens is 2. The molecule has 1 saturated heterocycles. The molecule has 2 heterocycles. The number of rotatable bonds is 4. The molecule has 1 N–H and O–H groups in total. The highest BCUT2D eigenvalue weighted by molar-refractivity contribution is 5.85. The van der Waals surface area contributed by atoms with E-state index in [1.54, 1.807) is 0 Å². The van der Waals surface area contributed by atoms with Crippen molar-refractivity contribution in [2.75, 3.05) is 31.6 Å². The van der Waals surface area contributed by atoms with E-state index < -0.39 is 11.9 Å². The fourth-order valence-corrected chi connectivity index (χ4v) is 4.42. The molecule has 0 amide bonds. The number of morpholine rings is 1. The van der Waals surface area contributed by atoms with Crippen LogP contribution >= 0.6 is 12.4 Å². The van der Waals surface area contributed by atoms with Crippen molar-refractivity contribution >= 4 is 18.4 Å². The molecule has 0 unspecified atom stereocenters. The number of halogens is 4. The Hall–Kier alpha value is -1.12. The van der Waals surface area contributed by atoms with Crippen molar-refractivity contribution in [2.45, 2.75) is 44.4 Å². The lowest BCUT2D eigenvalue weighted by atomic mass is 9.95. The Morgan fingerprint density at radius 3 is 2.58 bits per heavy atom. The minimum atomic E-state index is -4.48. The highest BCUT2D eigenvalue weighted by Gasteiger charge is 2.41. The predicted molar refractivity (Wildman–Crippen MR) is 93.2 cm³/mol. The van der Waals surface area contributed by atoms with Gasteiger partial charge in [-0.3, -0.25) is 4.90 Å². The molecule has 2 saturated carbocycles. The van der Waals surface area contributed by atoms with Gasteiger partial charge in [0.1, 0.15) is 0 Å². The quantitative estimate of drug-likeness (QED) is 0.851. The minimum Gasteiger partial charge on any atom is -0.379 e. The van der Waals surface area contributed by atoms with Crippen molar-refractivity contribution in [1.82, 2.24) is 14.9 Å². The molecule has 1 aliphatic heterocycles. The average molecular weight is 393 g/mol. The van der Waals surface area contributed by atoms with Gasteiger partial charge in [-0.05, 0) is 31.1 Å². The van der Waals surface area contributed by atoms with E-state index in [-0.39, 0.29) is 36.5 Å². The molecule has 3 aliphatic rings. The Kier molecular flexibility index (Phi) is 5.94. The van der Waals surface area contributed by atoms with Gasteiger partial charge in [0.05, 0.1) is 13.2 Å². The molecule has 1 aromatic heterocycles. The summed E-state index contributed by atoms with van der Waals surface area (Å²) in [7, 11) is 0. The molecule has 0 aromatic carbocycles. The van der Waals surface area contributed by atoms with Crippen LogP contribution in [0.3, 0.4) is 0 Å². The van der Waals surface area contributed by atoms with Gasteiger partial charge < -0.3 is 10.1 Å². The van der Waals surface area contributed by atoms with E-state index in [0.29, 0.717) is 38.1 Å². The van der Waals surface area contributed by atoms with E-state index in [9.17, 15) is 13.2 Å². The number of alkyl halides is 3. The maximum absolute atomic E-state index is 13.5.